The lowest BCUT2D eigenvalue weighted by molar-refractivity contribution is 0.00693. The first-order valence-electron chi connectivity index (χ1n) is 6.23. The molecule has 0 fully saturated rings. The third-order valence-corrected chi connectivity index (χ3v) is 3.10. The molecule has 5 heteroatoms. The highest BCUT2D eigenvalue weighted by atomic mass is 79.9. The summed E-state index contributed by atoms with van der Waals surface area (Å²) in [6.07, 6.45) is 0. The van der Waals surface area contributed by atoms with Crippen LogP contribution < -0.4 is 0 Å². The van der Waals surface area contributed by atoms with E-state index in [1.807, 2.05) is 45.0 Å². The summed E-state index contributed by atoms with van der Waals surface area (Å²) in [5.41, 5.74) is 1.13. The SMILES string of the molecule is Cc1noc(-c2ccc(Br)cc2)c1C(=O)OC(C)(C)C. The number of esters is 1. The number of nitrogens with zero attached hydrogens (tertiary/aromatic N) is 1. The molecule has 0 spiro atoms. The summed E-state index contributed by atoms with van der Waals surface area (Å²) >= 11 is 3.37. The first-order chi connectivity index (χ1) is 9.28. The molecule has 0 radical (unpaired) electrons. The van der Waals surface area contributed by atoms with Gasteiger partial charge >= 0.3 is 5.97 Å². The van der Waals surface area contributed by atoms with Crippen molar-refractivity contribution < 1.29 is 14.1 Å². The average Bonchev–Trinajstić information content (AvgIpc) is 2.70. The number of rotatable bonds is 2. The zero-order chi connectivity index (χ0) is 14.9. The Labute approximate surface area is 126 Å². The van der Waals surface area contributed by atoms with Crippen LogP contribution in [0.25, 0.3) is 11.3 Å². The fourth-order valence-corrected chi connectivity index (χ4v) is 2.00. The van der Waals surface area contributed by atoms with Gasteiger partial charge in [0.1, 0.15) is 11.2 Å². The molecule has 1 aromatic heterocycles. The fraction of sp³-hybridized carbons (Fsp3) is 0.333. The van der Waals surface area contributed by atoms with E-state index in [1.54, 1.807) is 6.92 Å². The van der Waals surface area contributed by atoms with Crippen molar-refractivity contribution in [2.45, 2.75) is 33.3 Å². The molecule has 0 saturated heterocycles. The van der Waals surface area contributed by atoms with Gasteiger partial charge in [-0.05, 0) is 52.0 Å². The molecule has 106 valence electrons. The Hall–Kier alpha value is -1.62. The van der Waals surface area contributed by atoms with Gasteiger partial charge in [0.25, 0.3) is 0 Å². The van der Waals surface area contributed by atoms with E-state index in [9.17, 15) is 4.79 Å². The van der Waals surface area contributed by atoms with Crippen molar-refractivity contribution in [3.05, 3.63) is 40.0 Å². The number of hydrogen-bond acceptors (Lipinski definition) is 4. The second kappa shape index (κ2) is 5.40. The summed E-state index contributed by atoms with van der Waals surface area (Å²) < 4.78 is 11.6. The lowest BCUT2D eigenvalue weighted by Gasteiger charge is -2.19. The van der Waals surface area contributed by atoms with Gasteiger partial charge in [0.05, 0.1) is 5.69 Å². The van der Waals surface area contributed by atoms with Gasteiger partial charge in [-0.1, -0.05) is 21.1 Å². The molecule has 0 aliphatic carbocycles. The van der Waals surface area contributed by atoms with E-state index in [-0.39, 0.29) is 0 Å². The van der Waals surface area contributed by atoms with Crippen LogP contribution in [0.3, 0.4) is 0 Å². The highest BCUT2D eigenvalue weighted by Gasteiger charge is 2.26. The van der Waals surface area contributed by atoms with E-state index in [1.165, 1.54) is 0 Å². The summed E-state index contributed by atoms with van der Waals surface area (Å²) in [7, 11) is 0. The molecule has 0 atom stereocenters. The number of ether oxygens (including phenoxy) is 1. The second-order valence-corrected chi connectivity index (χ2v) is 6.40. The lowest BCUT2D eigenvalue weighted by atomic mass is 10.1. The van der Waals surface area contributed by atoms with Crippen LogP contribution in [-0.2, 0) is 4.74 Å². The minimum Gasteiger partial charge on any atom is -0.456 e. The molecule has 4 nitrogen and oxygen atoms in total. The van der Waals surface area contributed by atoms with E-state index < -0.39 is 11.6 Å². The second-order valence-electron chi connectivity index (χ2n) is 5.48. The Morgan fingerprint density at radius 3 is 2.40 bits per heavy atom. The number of hydrogen-bond donors (Lipinski definition) is 0. The number of aryl methyl sites for hydroxylation is 1. The zero-order valence-electron chi connectivity index (χ0n) is 11.9. The van der Waals surface area contributed by atoms with Gasteiger partial charge in [-0.25, -0.2) is 4.79 Å². The van der Waals surface area contributed by atoms with Gasteiger partial charge < -0.3 is 9.26 Å². The van der Waals surface area contributed by atoms with Crippen LogP contribution in [0.1, 0.15) is 36.8 Å². The summed E-state index contributed by atoms with van der Waals surface area (Å²) in [4.78, 5) is 12.3. The van der Waals surface area contributed by atoms with E-state index in [0.717, 1.165) is 10.0 Å². The van der Waals surface area contributed by atoms with Crippen LogP contribution >= 0.6 is 15.9 Å². The van der Waals surface area contributed by atoms with Gasteiger partial charge in [0, 0.05) is 10.0 Å². The largest absolute Gasteiger partial charge is 0.456 e. The number of aromatic nitrogens is 1. The molecule has 0 bridgehead atoms. The minimum atomic E-state index is -0.558. The normalized spacial score (nSPS) is 11.4. The predicted octanol–water partition coefficient (Wildman–Crippen LogP) is 4.37. The summed E-state index contributed by atoms with van der Waals surface area (Å²) in [5, 5.41) is 3.88. The van der Waals surface area contributed by atoms with Crippen molar-refractivity contribution in [3.8, 4) is 11.3 Å². The number of carbonyl (C=O) groups excluding carboxylic acids is 1. The summed E-state index contributed by atoms with van der Waals surface area (Å²) in [5.74, 6) is 0.0124. The van der Waals surface area contributed by atoms with Crippen LogP contribution in [-0.4, -0.2) is 16.7 Å². The Balaban J connectivity index is 2.42. The van der Waals surface area contributed by atoms with Gasteiger partial charge in [-0.3, -0.25) is 0 Å². The molecule has 0 N–H and O–H groups in total. The number of benzene rings is 1. The predicted molar refractivity (Wildman–Crippen MR) is 79.5 cm³/mol. The maximum Gasteiger partial charge on any atom is 0.344 e. The third-order valence-electron chi connectivity index (χ3n) is 2.57. The van der Waals surface area contributed by atoms with Gasteiger partial charge in [-0.2, -0.15) is 0 Å². The first-order valence-corrected chi connectivity index (χ1v) is 7.03. The first kappa shape index (κ1) is 14.8. The maximum atomic E-state index is 12.3. The van der Waals surface area contributed by atoms with Crippen LogP contribution in [0.5, 0.6) is 0 Å². The zero-order valence-corrected chi connectivity index (χ0v) is 13.4. The topological polar surface area (TPSA) is 52.3 Å². The van der Waals surface area contributed by atoms with Gasteiger partial charge in [0.2, 0.25) is 0 Å². The Kier molecular flexibility index (Phi) is 3.99. The monoisotopic (exact) mass is 337 g/mol. The van der Waals surface area contributed by atoms with Crippen molar-refractivity contribution in [1.29, 1.82) is 0 Å². The number of carbonyl (C=O) groups is 1. The molecule has 1 heterocycles. The lowest BCUT2D eigenvalue weighted by Crippen LogP contribution is -2.24. The van der Waals surface area contributed by atoms with Gasteiger partial charge in [0.15, 0.2) is 5.76 Å². The van der Waals surface area contributed by atoms with Crippen molar-refractivity contribution in [2.75, 3.05) is 0 Å². The summed E-state index contributed by atoms with van der Waals surface area (Å²) in [6.45, 7) is 7.21. The molecule has 1 aromatic carbocycles. The molecule has 2 aromatic rings. The quantitative estimate of drug-likeness (QED) is 0.763. The molecule has 0 saturated carbocycles. The van der Waals surface area contributed by atoms with Crippen LogP contribution in [0, 0.1) is 6.92 Å². The van der Waals surface area contributed by atoms with Gasteiger partial charge in [-0.15, -0.1) is 0 Å². The van der Waals surface area contributed by atoms with Crippen LogP contribution in [0.2, 0.25) is 0 Å². The van der Waals surface area contributed by atoms with E-state index in [0.29, 0.717) is 17.0 Å². The maximum absolute atomic E-state index is 12.3. The fourth-order valence-electron chi connectivity index (χ4n) is 1.74. The van der Waals surface area contributed by atoms with Crippen molar-refractivity contribution in [2.24, 2.45) is 0 Å². The smallest absolute Gasteiger partial charge is 0.344 e. The molecule has 0 unspecified atom stereocenters. The molecular weight excluding hydrogens is 322 g/mol. The molecule has 0 amide bonds. The minimum absolute atomic E-state index is 0.377. The Morgan fingerprint density at radius 1 is 1.25 bits per heavy atom. The Morgan fingerprint density at radius 2 is 1.85 bits per heavy atom. The summed E-state index contributed by atoms with van der Waals surface area (Å²) in [6, 6.07) is 7.48. The highest BCUT2D eigenvalue weighted by Crippen LogP contribution is 2.29. The van der Waals surface area contributed by atoms with E-state index in [4.69, 9.17) is 9.26 Å². The highest BCUT2D eigenvalue weighted by molar-refractivity contribution is 9.10. The third kappa shape index (κ3) is 3.28. The standard InChI is InChI=1S/C15H16BrNO3/c1-9-12(14(18)19-15(2,3)4)13(20-17-9)10-5-7-11(16)8-6-10/h5-8H,1-4H3. The Bertz CT molecular complexity index is 624. The van der Waals surface area contributed by atoms with Crippen LogP contribution in [0.15, 0.2) is 33.3 Å². The van der Waals surface area contributed by atoms with Crippen LogP contribution in [0.4, 0.5) is 0 Å². The number of halogens is 1. The van der Waals surface area contributed by atoms with Crippen molar-refractivity contribution in [1.82, 2.24) is 5.16 Å². The molecule has 0 aliphatic rings. The molecule has 20 heavy (non-hydrogen) atoms. The van der Waals surface area contributed by atoms with E-state index >= 15 is 0 Å². The average molecular weight is 338 g/mol. The molecule has 0 aliphatic heterocycles. The molecular formula is C15H16BrNO3. The van der Waals surface area contributed by atoms with E-state index in [2.05, 4.69) is 21.1 Å². The van der Waals surface area contributed by atoms with Crippen molar-refractivity contribution in [3.63, 3.8) is 0 Å². The van der Waals surface area contributed by atoms with Crippen molar-refractivity contribution >= 4 is 21.9 Å². The molecule has 2 rings (SSSR count).